The van der Waals surface area contributed by atoms with Crippen LogP contribution < -0.4 is 10.5 Å². The summed E-state index contributed by atoms with van der Waals surface area (Å²) >= 11 is 5.11. The van der Waals surface area contributed by atoms with E-state index in [1.54, 1.807) is 11.8 Å². The molecule has 0 bridgehead atoms. The lowest BCUT2D eigenvalue weighted by atomic mass is 10.2. The van der Waals surface area contributed by atoms with Crippen LogP contribution in [0.4, 0.5) is 0 Å². The molecular formula is C15H16BrNOS. The smallest absolute Gasteiger partial charge is 0.125 e. The van der Waals surface area contributed by atoms with Crippen LogP contribution in [0.2, 0.25) is 0 Å². The van der Waals surface area contributed by atoms with Crippen LogP contribution in [0.1, 0.15) is 11.1 Å². The maximum atomic E-state index is 5.89. The highest BCUT2D eigenvalue weighted by Gasteiger charge is 2.07. The van der Waals surface area contributed by atoms with Gasteiger partial charge in [-0.3, -0.25) is 0 Å². The molecule has 2 aromatic carbocycles. The number of hydrogen-bond acceptors (Lipinski definition) is 3. The SMILES string of the molecule is CSc1cccc(OCc2ccc(Br)cc2)c1CN. The van der Waals surface area contributed by atoms with Crippen LogP contribution in [-0.4, -0.2) is 6.26 Å². The quantitative estimate of drug-likeness (QED) is 0.830. The summed E-state index contributed by atoms with van der Waals surface area (Å²) < 4.78 is 6.96. The summed E-state index contributed by atoms with van der Waals surface area (Å²) in [4.78, 5) is 1.18. The summed E-state index contributed by atoms with van der Waals surface area (Å²) in [5.74, 6) is 0.872. The molecule has 0 atom stereocenters. The number of rotatable bonds is 5. The summed E-state index contributed by atoms with van der Waals surface area (Å²) in [5, 5.41) is 0. The molecule has 0 heterocycles. The van der Waals surface area contributed by atoms with Crippen LogP contribution in [0, 0.1) is 0 Å². The number of halogens is 1. The molecule has 2 N–H and O–H groups in total. The van der Waals surface area contributed by atoms with E-state index in [0.29, 0.717) is 13.2 Å². The normalized spacial score (nSPS) is 10.5. The monoisotopic (exact) mass is 337 g/mol. The van der Waals surface area contributed by atoms with E-state index in [9.17, 15) is 0 Å². The molecule has 0 unspecified atom stereocenters. The van der Waals surface area contributed by atoms with E-state index in [1.807, 2.05) is 42.7 Å². The number of nitrogens with two attached hydrogens (primary N) is 1. The van der Waals surface area contributed by atoms with Crippen molar-refractivity contribution in [1.82, 2.24) is 0 Å². The standard InChI is InChI=1S/C15H16BrNOS/c1-19-15-4-2-3-14(13(15)9-17)18-10-11-5-7-12(16)8-6-11/h2-8H,9-10,17H2,1H3. The molecule has 0 saturated heterocycles. The Labute approximate surface area is 126 Å². The lowest BCUT2D eigenvalue weighted by molar-refractivity contribution is 0.302. The molecule has 0 saturated carbocycles. The average Bonchev–Trinajstić information content (AvgIpc) is 2.46. The maximum absolute atomic E-state index is 5.89. The van der Waals surface area contributed by atoms with Crippen LogP contribution in [0.15, 0.2) is 51.8 Å². The Balaban J connectivity index is 2.13. The maximum Gasteiger partial charge on any atom is 0.125 e. The average molecular weight is 338 g/mol. The van der Waals surface area contributed by atoms with E-state index < -0.39 is 0 Å². The number of thioether (sulfide) groups is 1. The fourth-order valence-corrected chi connectivity index (χ4v) is 2.72. The molecule has 0 fully saturated rings. The zero-order chi connectivity index (χ0) is 13.7. The predicted molar refractivity (Wildman–Crippen MR) is 84.6 cm³/mol. The van der Waals surface area contributed by atoms with Crippen LogP contribution in [0.5, 0.6) is 5.75 Å². The van der Waals surface area contributed by atoms with E-state index in [4.69, 9.17) is 10.5 Å². The molecule has 0 amide bonds. The Morgan fingerprint density at radius 2 is 1.89 bits per heavy atom. The van der Waals surface area contributed by atoms with Crippen molar-refractivity contribution in [1.29, 1.82) is 0 Å². The van der Waals surface area contributed by atoms with E-state index in [0.717, 1.165) is 21.3 Å². The van der Waals surface area contributed by atoms with Crippen molar-refractivity contribution >= 4 is 27.7 Å². The van der Waals surface area contributed by atoms with Crippen LogP contribution in [-0.2, 0) is 13.2 Å². The van der Waals surface area contributed by atoms with Crippen molar-refractivity contribution in [3.05, 3.63) is 58.1 Å². The summed E-state index contributed by atoms with van der Waals surface area (Å²) in [6, 6.07) is 14.2. The van der Waals surface area contributed by atoms with Crippen molar-refractivity contribution in [2.24, 2.45) is 5.73 Å². The third kappa shape index (κ3) is 3.75. The van der Waals surface area contributed by atoms with Crippen molar-refractivity contribution in [3.63, 3.8) is 0 Å². The van der Waals surface area contributed by atoms with Gasteiger partial charge in [0, 0.05) is 21.5 Å². The Kier molecular flexibility index (Phi) is 5.31. The van der Waals surface area contributed by atoms with Gasteiger partial charge in [0.25, 0.3) is 0 Å². The molecule has 100 valence electrons. The van der Waals surface area contributed by atoms with Crippen molar-refractivity contribution in [3.8, 4) is 5.75 Å². The first-order valence-corrected chi connectivity index (χ1v) is 7.99. The first-order chi connectivity index (χ1) is 9.24. The second kappa shape index (κ2) is 6.98. The first kappa shape index (κ1) is 14.4. The van der Waals surface area contributed by atoms with Gasteiger partial charge in [-0.05, 0) is 36.1 Å². The second-order valence-corrected chi connectivity index (χ2v) is 5.82. The van der Waals surface area contributed by atoms with Gasteiger partial charge in [0.1, 0.15) is 12.4 Å². The van der Waals surface area contributed by atoms with Gasteiger partial charge in [0.05, 0.1) is 0 Å². The largest absolute Gasteiger partial charge is 0.489 e. The Morgan fingerprint density at radius 3 is 2.53 bits per heavy atom. The fraction of sp³-hybridized carbons (Fsp3) is 0.200. The Hall–Kier alpha value is -0.970. The number of ether oxygens (including phenoxy) is 1. The zero-order valence-corrected chi connectivity index (χ0v) is 13.1. The molecule has 0 aliphatic rings. The van der Waals surface area contributed by atoms with Crippen molar-refractivity contribution in [2.45, 2.75) is 18.0 Å². The van der Waals surface area contributed by atoms with Crippen LogP contribution in [0.25, 0.3) is 0 Å². The zero-order valence-electron chi connectivity index (χ0n) is 10.7. The van der Waals surface area contributed by atoms with E-state index >= 15 is 0 Å². The Bertz CT molecular complexity index is 542. The molecule has 2 nitrogen and oxygen atoms in total. The van der Waals surface area contributed by atoms with E-state index in [-0.39, 0.29) is 0 Å². The lowest BCUT2D eigenvalue weighted by Crippen LogP contribution is -2.04. The van der Waals surface area contributed by atoms with Gasteiger partial charge in [-0.2, -0.15) is 0 Å². The van der Waals surface area contributed by atoms with Crippen LogP contribution >= 0.6 is 27.7 Å². The van der Waals surface area contributed by atoms with Gasteiger partial charge in [-0.25, -0.2) is 0 Å². The highest BCUT2D eigenvalue weighted by molar-refractivity contribution is 9.10. The molecule has 4 heteroatoms. The number of hydrogen-bond donors (Lipinski definition) is 1. The van der Waals surface area contributed by atoms with Crippen molar-refractivity contribution < 1.29 is 4.74 Å². The minimum Gasteiger partial charge on any atom is -0.489 e. The van der Waals surface area contributed by atoms with Crippen LogP contribution in [0.3, 0.4) is 0 Å². The minimum absolute atomic E-state index is 0.493. The van der Waals surface area contributed by atoms with Gasteiger partial charge < -0.3 is 10.5 Å². The molecular weight excluding hydrogens is 322 g/mol. The van der Waals surface area contributed by atoms with Gasteiger partial charge >= 0.3 is 0 Å². The molecule has 0 aliphatic carbocycles. The number of benzene rings is 2. The van der Waals surface area contributed by atoms with Gasteiger partial charge in [0.2, 0.25) is 0 Å². The predicted octanol–water partition coefficient (Wildman–Crippen LogP) is 4.21. The molecule has 0 aliphatic heterocycles. The highest BCUT2D eigenvalue weighted by Crippen LogP contribution is 2.29. The first-order valence-electron chi connectivity index (χ1n) is 5.97. The van der Waals surface area contributed by atoms with Crippen molar-refractivity contribution in [2.75, 3.05) is 6.26 Å². The molecule has 19 heavy (non-hydrogen) atoms. The summed E-state index contributed by atoms with van der Waals surface area (Å²) in [6.45, 7) is 1.05. The molecule has 0 radical (unpaired) electrons. The third-order valence-corrected chi connectivity index (χ3v) is 4.17. The minimum atomic E-state index is 0.493. The van der Waals surface area contributed by atoms with Gasteiger partial charge in [0.15, 0.2) is 0 Å². The third-order valence-electron chi connectivity index (χ3n) is 2.82. The summed E-state index contributed by atoms with van der Waals surface area (Å²) in [6.07, 6.45) is 2.05. The summed E-state index contributed by atoms with van der Waals surface area (Å²) in [7, 11) is 0. The fourth-order valence-electron chi connectivity index (χ4n) is 1.81. The van der Waals surface area contributed by atoms with E-state index in [1.165, 1.54) is 4.90 Å². The lowest BCUT2D eigenvalue weighted by Gasteiger charge is -2.13. The molecule has 0 spiro atoms. The topological polar surface area (TPSA) is 35.2 Å². The summed E-state index contributed by atoms with van der Waals surface area (Å²) in [5.41, 5.74) is 8.03. The highest BCUT2D eigenvalue weighted by atomic mass is 79.9. The second-order valence-electron chi connectivity index (χ2n) is 4.06. The Morgan fingerprint density at radius 1 is 1.16 bits per heavy atom. The van der Waals surface area contributed by atoms with Gasteiger partial charge in [-0.15, -0.1) is 11.8 Å². The molecule has 2 rings (SSSR count). The molecule has 2 aromatic rings. The molecule has 0 aromatic heterocycles. The van der Waals surface area contributed by atoms with Gasteiger partial charge in [-0.1, -0.05) is 34.1 Å². The van der Waals surface area contributed by atoms with E-state index in [2.05, 4.69) is 22.0 Å².